The molecule has 1 heterocycles. The van der Waals surface area contributed by atoms with Crippen molar-refractivity contribution in [3.63, 3.8) is 0 Å². The van der Waals surface area contributed by atoms with Gasteiger partial charge in [0.05, 0.1) is 6.04 Å². The molecule has 2 saturated carbocycles. The molecule has 0 aromatic carbocycles. The Morgan fingerprint density at radius 1 is 1.33 bits per heavy atom. The molecule has 0 aromatic heterocycles. The molecular formula is C10H17NO3S. The molecule has 0 radical (unpaired) electrons. The zero-order chi connectivity index (χ0) is 11.1. The molecule has 4 atom stereocenters. The quantitative estimate of drug-likeness (QED) is 0.678. The summed E-state index contributed by atoms with van der Waals surface area (Å²) in [5.41, 5.74) is 0.171. The lowest BCUT2D eigenvalue weighted by Gasteiger charge is -2.37. The minimum absolute atomic E-state index is 0.00109. The molecule has 15 heavy (non-hydrogen) atoms. The van der Waals surface area contributed by atoms with Gasteiger partial charge in [0.15, 0.2) is 0 Å². The Labute approximate surface area is 90.6 Å². The van der Waals surface area contributed by atoms with Crippen molar-refractivity contribution in [3.05, 3.63) is 0 Å². The summed E-state index contributed by atoms with van der Waals surface area (Å²) in [6.45, 7) is 6.64. The van der Waals surface area contributed by atoms with Crippen molar-refractivity contribution >= 4 is 10.3 Å². The minimum atomic E-state index is -3.47. The maximum Gasteiger partial charge on any atom is 0.336 e. The van der Waals surface area contributed by atoms with Crippen molar-refractivity contribution in [2.24, 2.45) is 16.7 Å². The van der Waals surface area contributed by atoms with E-state index >= 15 is 0 Å². The Kier molecular flexibility index (Phi) is 1.62. The second kappa shape index (κ2) is 2.41. The first kappa shape index (κ1) is 10.1. The normalized spacial score (nSPS) is 54.5. The second-order valence-electron chi connectivity index (χ2n) is 5.90. The van der Waals surface area contributed by atoms with Crippen LogP contribution in [0, 0.1) is 16.7 Å². The van der Waals surface area contributed by atoms with Crippen LogP contribution in [0.15, 0.2) is 0 Å². The van der Waals surface area contributed by atoms with Crippen molar-refractivity contribution in [1.29, 1.82) is 0 Å². The lowest BCUT2D eigenvalue weighted by Crippen LogP contribution is -2.40. The average molecular weight is 231 g/mol. The Morgan fingerprint density at radius 3 is 2.60 bits per heavy atom. The molecule has 2 aliphatic carbocycles. The molecule has 0 aromatic rings. The van der Waals surface area contributed by atoms with Crippen LogP contribution in [0.25, 0.3) is 0 Å². The van der Waals surface area contributed by atoms with Crippen molar-refractivity contribution in [3.8, 4) is 0 Å². The highest BCUT2D eigenvalue weighted by Crippen LogP contribution is 2.67. The smallest absolute Gasteiger partial charge is 0.252 e. The topological polar surface area (TPSA) is 55.4 Å². The molecule has 1 N–H and O–H groups in total. The largest absolute Gasteiger partial charge is 0.336 e. The van der Waals surface area contributed by atoms with Gasteiger partial charge in [-0.25, -0.2) is 0 Å². The number of rotatable bonds is 0. The van der Waals surface area contributed by atoms with Gasteiger partial charge in [0.25, 0.3) is 0 Å². The fraction of sp³-hybridized carbons (Fsp3) is 1.00. The third-order valence-electron chi connectivity index (χ3n) is 5.27. The van der Waals surface area contributed by atoms with E-state index in [0.29, 0.717) is 5.92 Å². The number of fused-ring (bicyclic) bond motifs is 5. The number of hydrogen-bond acceptors (Lipinski definition) is 3. The van der Waals surface area contributed by atoms with Gasteiger partial charge in [-0.3, -0.25) is 4.18 Å². The molecule has 4 nitrogen and oxygen atoms in total. The number of nitrogens with one attached hydrogen (secondary N) is 1. The second-order valence-corrected chi connectivity index (χ2v) is 7.24. The predicted octanol–water partition coefficient (Wildman–Crippen LogP) is 1.04. The van der Waals surface area contributed by atoms with Crippen LogP contribution in [-0.2, 0) is 14.5 Å². The summed E-state index contributed by atoms with van der Waals surface area (Å²) in [6, 6.07) is 0.00347. The van der Waals surface area contributed by atoms with Gasteiger partial charge >= 0.3 is 10.3 Å². The van der Waals surface area contributed by atoms with E-state index in [0.717, 1.165) is 12.8 Å². The zero-order valence-electron chi connectivity index (χ0n) is 9.28. The fourth-order valence-electron chi connectivity index (χ4n) is 3.95. The van der Waals surface area contributed by atoms with E-state index in [1.807, 2.05) is 0 Å². The third-order valence-corrected chi connectivity index (χ3v) is 6.29. The molecule has 3 fully saturated rings. The molecule has 0 unspecified atom stereocenters. The van der Waals surface area contributed by atoms with E-state index in [1.165, 1.54) is 0 Å². The fourth-order valence-corrected chi connectivity index (χ4v) is 5.23. The summed E-state index contributed by atoms with van der Waals surface area (Å²) in [5.74, 6) is 0.421. The highest BCUT2D eigenvalue weighted by molar-refractivity contribution is 7.85. The van der Waals surface area contributed by atoms with Crippen LogP contribution in [0.3, 0.4) is 0 Å². The maximum absolute atomic E-state index is 11.4. The van der Waals surface area contributed by atoms with Crippen LogP contribution in [-0.4, -0.2) is 20.6 Å². The summed E-state index contributed by atoms with van der Waals surface area (Å²) in [4.78, 5) is 0. The Hall–Kier alpha value is -0.130. The van der Waals surface area contributed by atoms with Gasteiger partial charge in [-0.15, -0.1) is 0 Å². The SMILES string of the molecule is CC1(C)[C@H]2CC[C@@]1(C)[C@H]1OS(=O)(=O)N[C@@H]21. The molecule has 0 spiro atoms. The minimum Gasteiger partial charge on any atom is -0.252 e. The standard InChI is InChI=1S/C10H17NO3S/c1-9(2)6-4-5-10(9,3)8-7(6)11-15(12,13)14-8/h6-8,11H,4-5H2,1-3H3/t6-,7-,8-,10-/m0/s1. The molecule has 1 saturated heterocycles. The van der Waals surface area contributed by atoms with Crippen molar-refractivity contribution < 1.29 is 12.6 Å². The van der Waals surface area contributed by atoms with Crippen LogP contribution in [0.2, 0.25) is 0 Å². The molecule has 3 rings (SSSR count). The van der Waals surface area contributed by atoms with Gasteiger partial charge in [-0.05, 0) is 24.2 Å². The highest BCUT2D eigenvalue weighted by Gasteiger charge is 2.70. The first-order valence-electron chi connectivity index (χ1n) is 5.48. The summed E-state index contributed by atoms with van der Waals surface area (Å²) < 4.78 is 30.6. The van der Waals surface area contributed by atoms with Gasteiger partial charge in [0.1, 0.15) is 6.10 Å². The molecule has 5 heteroatoms. The molecule has 86 valence electrons. The van der Waals surface area contributed by atoms with E-state index in [-0.39, 0.29) is 23.0 Å². The molecular weight excluding hydrogens is 214 g/mol. The lowest BCUT2D eigenvalue weighted by molar-refractivity contribution is 0.0403. The monoisotopic (exact) mass is 231 g/mol. The Balaban J connectivity index is 2.09. The van der Waals surface area contributed by atoms with Crippen molar-refractivity contribution in [2.45, 2.75) is 45.8 Å². The van der Waals surface area contributed by atoms with Crippen molar-refractivity contribution in [2.75, 3.05) is 0 Å². The maximum atomic E-state index is 11.4. The van der Waals surface area contributed by atoms with Crippen LogP contribution in [0.5, 0.6) is 0 Å². The van der Waals surface area contributed by atoms with Crippen molar-refractivity contribution in [1.82, 2.24) is 4.72 Å². The molecule has 2 bridgehead atoms. The predicted molar refractivity (Wildman–Crippen MR) is 55.3 cm³/mol. The van der Waals surface area contributed by atoms with Gasteiger partial charge in [0.2, 0.25) is 0 Å². The van der Waals surface area contributed by atoms with Gasteiger partial charge in [-0.2, -0.15) is 13.1 Å². The van der Waals surface area contributed by atoms with Gasteiger partial charge < -0.3 is 0 Å². The van der Waals surface area contributed by atoms with Crippen LogP contribution < -0.4 is 4.72 Å². The van der Waals surface area contributed by atoms with E-state index in [4.69, 9.17) is 4.18 Å². The lowest BCUT2D eigenvalue weighted by atomic mass is 9.70. The first-order chi connectivity index (χ1) is 6.78. The summed E-state index contributed by atoms with van der Waals surface area (Å²) in [7, 11) is -3.47. The zero-order valence-corrected chi connectivity index (χ0v) is 10.1. The summed E-state index contributed by atoms with van der Waals surface area (Å²) >= 11 is 0. The third kappa shape index (κ3) is 0.971. The molecule has 3 aliphatic rings. The first-order valence-corrected chi connectivity index (χ1v) is 6.89. The van der Waals surface area contributed by atoms with Gasteiger partial charge in [0, 0.05) is 5.41 Å². The van der Waals surface area contributed by atoms with Crippen LogP contribution >= 0.6 is 0 Å². The van der Waals surface area contributed by atoms with E-state index in [2.05, 4.69) is 25.5 Å². The van der Waals surface area contributed by atoms with E-state index in [1.54, 1.807) is 0 Å². The van der Waals surface area contributed by atoms with Crippen LogP contribution in [0.4, 0.5) is 0 Å². The van der Waals surface area contributed by atoms with E-state index in [9.17, 15) is 8.42 Å². The Bertz CT molecular complexity index is 416. The molecule has 1 aliphatic heterocycles. The van der Waals surface area contributed by atoms with Gasteiger partial charge in [-0.1, -0.05) is 20.8 Å². The Morgan fingerprint density at radius 2 is 2.00 bits per heavy atom. The summed E-state index contributed by atoms with van der Waals surface area (Å²) in [5, 5.41) is 0. The number of hydrogen-bond donors (Lipinski definition) is 1. The molecule has 0 amide bonds. The summed E-state index contributed by atoms with van der Waals surface area (Å²) in [6.07, 6.45) is 2.02. The van der Waals surface area contributed by atoms with E-state index < -0.39 is 10.3 Å². The highest BCUT2D eigenvalue weighted by atomic mass is 32.2. The van der Waals surface area contributed by atoms with Crippen LogP contribution in [0.1, 0.15) is 33.6 Å². The average Bonchev–Trinajstić information content (AvgIpc) is 2.55.